The van der Waals surface area contributed by atoms with E-state index in [9.17, 15) is 24.5 Å². The van der Waals surface area contributed by atoms with Crippen LogP contribution in [0.5, 0.6) is 0 Å². The van der Waals surface area contributed by atoms with Crippen LogP contribution in [0.15, 0.2) is 60.7 Å². The Kier molecular flexibility index (Phi) is 9.07. The van der Waals surface area contributed by atoms with Gasteiger partial charge in [-0.3, -0.25) is 19.7 Å². The third kappa shape index (κ3) is 6.52. The smallest absolute Gasteiger partial charge is 0.338 e. The second-order valence-electron chi connectivity index (χ2n) is 7.31. The van der Waals surface area contributed by atoms with E-state index in [0.717, 1.165) is 28.9 Å². The van der Waals surface area contributed by atoms with E-state index in [2.05, 4.69) is 0 Å². The molecule has 2 amide bonds. The van der Waals surface area contributed by atoms with Gasteiger partial charge in [-0.15, -0.1) is 0 Å². The number of ether oxygens (including phenoxy) is 1. The van der Waals surface area contributed by atoms with Crippen LogP contribution in [0.25, 0.3) is 10.8 Å². The summed E-state index contributed by atoms with van der Waals surface area (Å²) in [5.41, 5.74) is 5.74. The normalized spacial score (nSPS) is 9.97. The summed E-state index contributed by atoms with van der Waals surface area (Å²) in [6, 6.07) is 16.9. The Balaban J connectivity index is 0.000000739. The first-order valence-corrected chi connectivity index (χ1v) is 10.3. The summed E-state index contributed by atoms with van der Waals surface area (Å²) in [7, 11) is 3.38. The molecule has 10 nitrogen and oxygen atoms in total. The molecule has 0 unspecified atom stereocenters. The number of benzene rings is 3. The number of carbonyl (C=O) groups is 3. The van der Waals surface area contributed by atoms with Crippen molar-refractivity contribution >= 4 is 46.1 Å². The number of rotatable bonds is 7. The molecule has 0 aromatic heterocycles. The minimum absolute atomic E-state index is 0.0492. The Bertz CT molecular complexity index is 1190. The molecule has 0 fully saturated rings. The van der Waals surface area contributed by atoms with Gasteiger partial charge in [0.25, 0.3) is 11.6 Å². The fraction of sp³-hybridized carbons (Fsp3) is 0.208. The average molecular weight is 466 g/mol. The second-order valence-corrected chi connectivity index (χ2v) is 7.31. The van der Waals surface area contributed by atoms with Gasteiger partial charge >= 0.3 is 5.97 Å². The van der Waals surface area contributed by atoms with E-state index in [0.29, 0.717) is 6.54 Å². The fourth-order valence-electron chi connectivity index (χ4n) is 3.04. The zero-order chi connectivity index (χ0) is 25.3. The second kappa shape index (κ2) is 12.0. The predicted molar refractivity (Wildman–Crippen MR) is 130 cm³/mol. The number of hydrogen-bond donors (Lipinski definition) is 1. The highest BCUT2D eigenvalue weighted by Crippen LogP contribution is 2.27. The van der Waals surface area contributed by atoms with Crippen LogP contribution in [0.3, 0.4) is 0 Å². The highest BCUT2D eigenvalue weighted by molar-refractivity contribution is 6.04. The Labute approximate surface area is 196 Å². The van der Waals surface area contributed by atoms with Gasteiger partial charge in [0.05, 0.1) is 16.2 Å². The van der Waals surface area contributed by atoms with Crippen LogP contribution >= 0.6 is 0 Å². The zero-order valence-electron chi connectivity index (χ0n) is 19.1. The predicted octanol–water partition coefficient (Wildman–Crippen LogP) is 3.24. The lowest BCUT2D eigenvalue weighted by Gasteiger charge is -2.22. The summed E-state index contributed by atoms with van der Waals surface area (Å²) in [4.78, 5) is 47.6. The highest BCUT2D eigenvalue weighted by Gasteiger charge is 2.20. The Morgan fingerprint density at radius 3 is 2.35 bits per heavy atom. The lowest BCUT2D eigenvalue weighted by Crippen LogP contribution is -2.34. The number of hydrogen-bond acceptors (Lipinski definition) is 7. The van der Waals surface area contributed by atoms with Crippen LogP contribution in [0.2, 0.25) is 0 Å². The van der Waals surface area contributed by atoms with E-state index in [1.165, 1.54) is 21.9 Å². The minimum atomic E-state index is -0.838. The van der Waals surface area contributed by atoms with Crippen molar-refractivity contribution in [2.24, 2.45) is 0 Å². The molecule has 3 rings (SSSR count). The monoisotopic (exact) mass is 466 g/mol. The molecule has 2 N–H and O–H groups in total. The molecule has 3 aromatic carbocycles. The molecule has 0 saturated carbocycles. The van der Waals surface area contributed by atoms with Crippen molar-refractivity contribution in [3.8, 4) is 0 Å². The van der Waals surface area contributed by atoms with Crippen molar-refractivity contribution in [1.82, 2.24) is 4.90 Å². The quantitative estimate of drug-likeness (QED) is 0.186. The van der Waals surface area contributed by atoms with E-state index >= 15 is 0 Å². The molecule has 0 bridgehead atoms. The first-order valence-electron chi connectivity index (χ1n) is 10.3. The lowest BCUT2D eigenvalue weighted by atomic mass is 10.1. The summed E-state index contributed by atoms with van der Waals surface area (Å²) in [5, 5.41) is 12.9. The lowest BCUT2D eigenvalue weighted by molar-refractivity contribution is -0.383. The molecule has 0 aliphatic heterocycles. The highest BCUT2D eigenvalue weighted by atomic mass is 16.6. The number of nitrogens with zero attached hydrogens (tertiary/aromatic N) is 3. The topological polar surface area (TPSA) is 136 Å². The molecule has 0 atom stereocenters. The van der Waals surface area contributed by atoms with Gasteiger partial charge in [0.15, 0.2) is 6.61 Å². The molecule has 0 spiro atoms. The number of amides is 2. The maximum absolute atomic E-state index is 12.7. The van der Waals surface area contributed by atoms with Crippen molar-refractivity contribution in [2.45, 2.75) is 6.92 Å². The molecule has 10 heteroatoms. The number of likely N-dealkylation sites (N-methyl/N-ethyl adjacent to an activating group) is 1. The minimum Gasteiger partial charge on any atom is -0.452 e. The molecular formula is C24H26N4O6. The first-order chi connectivity index (χ1) is 16.2. The van der Waals surface area contributed by atoms with E-state index in [4.69, 9.17) is 10.5 Å². The van der Waals surface area contributed by atoms with Crippen molar-refractivity contribution < 1.29 is 24.0 Å². The summed E-state index contributed by atoms with van der Waals surface area (Å²) >= 11 is 0. The van der Waals surface area contributed by atoms with Crippen LogP contribution in [-0.4, -0.2) is 55.4 Å². The van der Waals surface area contributed by atoms with Gasteiger partial charge in [-0.2, -0.15) is 0 Å². The van der Waals surface area contributed by atoms with Gasteiger partial charge in [-0.25, -0.2) is 4.79 Å². The fourth-order valence-corrected chi connectivity index (χ4v) is 3.04. The first kappa shape index (κ1) is 25.8. The molecular weight excluding hydrogens is 440 g/mol. The van der Waals surface area contributed by atoms with E-state index in [1.807, 2.05) is 49.4 Å². The number of anilines is 2. The number of fused-ring (bicyclic) bond motifs is 1. The van der Waals surface area contributed by atoms with Crippen LogP contribution in [0.1, 0.15) is 17.3 Å². The van der Waals surface area contributed by atoms with E-state index in [-0.39, 0.29) is 11.3 Å². The van der Waals surface area contributed by atoms with Gasteiger partial charge in [0, 0.05) is 32.1 Å². The van der Waals surface area contributed by atoms with Gasteiger partial charge < -0.3 is 20.3 Å². The van der Waals surface area contributed by atoms with Crippen LogP contribution in [-0.2, 0) is 14.3 Å². The SMILES string of the molecule is CCN(C(=O)COC(=O)c1ccc(N)c([N+](=O)[O-])c1)c1cccc2ccccc12.CN(C)C=O. The molecule has 0 radical (unpaired) electrons. The molecule has 178 valence electrons. The van der Waals surface area contributed by atoms with Gasteiger partial charge in [0.2, 0.25) is 6.41 Å². The molecule has 0 aliphatic rings. The number of nitrogen functional groups attached to an aromatic ring is 1. The van der Waals surface area contributed by atoms with Crippen molar-refractivity contribution in [3.05, 3.63) is 76.3 Å². The standard InChI is InChI=1S/C21H19N3O5.C3H7NO/c1-2-23(18-9-5-7-14-6-3-4-8-16(14)18)20(25)13-29-21(26)15-10-11-17(22)19(12-15)24(27)28;1-4(2)3-5/h3-12H,2,13,22H2,1H3;3H,1-2H3. The third-order valence-electron chi connectivity index (χ3n) is 4.68. The van der Waals surface area contributed by atoms with Crippen LogP contribution < -0.4 is 10.6 Å². The molecule has 0 aliphatic carbocycles. The van der Waals surface area contributed by atoms with Crippen molar-refractivity contribution in [1.29, 1.82) is 0 Å². The summed E-state index contributed by atoms with van der Waals surface area (Å²) in [6.45, 7) is 1.72. The molecule has 0 saturated heterocycles. The molecule has 3 aromatic rings. The van der Waals surface area contributed by atoms with Crippen LogP contribution in [0.4, 0.5) is 17.1 Å². The Morgan fingerprint density at radius 2 is 1.74 bits per heavy atom. The van der Waals surface area contributed by atoms with Crippen molar-refractivity contribution in [3.63, 3.8) is 0 Å². The van der Waals surface area contributed by atoms with Crippen molar-refractivity contribution in [2.75, 3.05) is 37.9 Å². The third-order valence-corrected chi connectivity index (χ3v) is 4.68. The van der Waals surface area contributed by atoms with Gasteiger partial charge in [0.1, 0.15) is 5.69 Å². The summed E-state index contributed by atoms with van der Waals surface area (Å²) in [6.07, 6.45) is 0.750. The van der Waals surface area contributed by atoms with Crippen LogP contribution in [0, 0.1) is 10.1 Å². The van der Waals surface area contributed by atoms with Gasteiger partial charge in [-0.1, -0.05) is 36.4 Å². The maximum Gasteiger partial charge on any atom is 0.338 e. The number of nitro benzene ring substituents is 1. The molecule has 34 heavy (non-hydrogen) atoms. The van der Waals surface area contributed by atoms with Gasteiger partial charge in [-0.05, 0) is 30.5 Å². The number of nitro groups is 1. The summed E-state index contributed by atoms with van der Waals surface area (Å²) in [5.74, 6) is -1.24. The van der Waals surface area contributed by atoms with E-state index < -0.39 is 29.1 Å². The number of nitrogens with two attached hydrogens (primary N) is 1. The van der Waals surface area contributed by atoms with E-state index in [1.54, 1.807) is 14.1 Å². The maximum atomic E-state index is 12.7. The Hall–Kier alpha value is -4.47. The number of esters is 1. The Morgan fingerprint density at radius 1 is 1.09 bits per heavy atom. The molecule has 0 heterocycles. The largest absolute Gasteiger partial charge is 0.452 e. The summed E-state index contributed by atoms with van der Waals surface area (Å²) < 4.78 is 5.09. The zero-order valence-corrected chi connectivity index (χ0v) is 19.1. The average Bonchev–Trinajstić information content (AvgIpc) is 2.83. The number of carbonyl (C=O) groups excluding carboxylic acids is 3.